The van der Waals surface area contributed by atoms with Gasteiger partial charge in [0.25, 0.3) is 0 Å². The lowest BCUT2D eigenvalue weighted by Crippen LogP contribution is -2.44. The van der Waals surface area contributed by atoms with E-state index in [1.54, 1.807) is 11.0 Å². The van der Waals surface area contributed by atoms with Crippen molar-refractivity contribution in [2.45, 2.75) is 19.0 Å². The number of morpholine rings is 1. The molecule has 24 heavy (non-hydrogen) atoms. The van der Waals surface area contributed by atoms with Gasteiger partial charge in [-0.05, 0) is 12.5 Å². The minimum Gasteiger partial charge on any atom is -0.379 e. The lowest BCUT2D eigenvalue weighted by atomic mass is 10.0. The molecular formula is C17H23N5O2. The van der Waals surface area contributed by atoms with Gasteiger partial charge in [0.2, 0.25) is 5.91 Å². The molecule has 0 saturated carbocycles. The number of carbonyl (C=O) groups excluding carboxylic acids is 1. The van der Waals surface area contributed by atoms with Gasteiger partial charge < -0.3 is 10.1 Å². The highest BCUT2D eigenvalue weighted by Gasteiger charge is 2.24. The van der Waals surface area contributed by atoms with Crippen LogP contribution in [0.2, 0.25) is 0 Å². The second-order valence-electron chi connectivity index (χ2n) is 5.87. The van der Waals surface area contributed by atoms with E-state index in [-0.39, 0.29) is 18.0 Å². The van der Waals surface area contributed by atoms with Crippen molar-refractivity contribution >= 4 is 5.91 Å². The predicted octanol–water partition coefficient (Wildman–Crippen LogP) is 1.03. The molecule has 1 fully saturated rings. The number of benzene rings is 1. The third-order valence-corrected chi connectivity index (χ3v) is 4.35. The zero-order valence-electron chi connectivity index (χ0n) is 13.8. The normalized spacial score (nSPS) is 18.0. The first kappa shape index (κ1) is 16.6. The van der Waals surface area contributed by atoms with E-state index in [0.717, 1.165) is 26.3 Å². The minimum atomic E-state index is -0.381. The van der Waals surface area contributed by atoms with Crippen LogP contribution in [0, 0.1) is 0 Å². The van der Waals surface area contributed by atoms with Crippen molar-refractivity contribution in [3.63, 3.8) is 0 Å². The van der Waals surface area contributed by atoms with Gasteiger partial charge in [-0.15, -0.1) is 0 Å². The van der Waals surface area contributed by atoms with E-state index in [1.165, 1.54) is 11.9 Å². The number of amides is 1. The van der Waals surface area contributed by atoms with Gasteiger partial charge >= 0.3 is 0 Å². The Kier molecular flexibility index (Phi) is 5.55. The summed E-state index contributed by atoms with van der Waals surface area (Å²) in [6.07, 6.45) is 2.99. The first-order valence-electron chi connectivity index (χ1n) is 8.24. The molecule has 7 nitrogen and oxygen atoms in total. The van der Waals surface area contributed by atoms with Crippen LogP contribution < -0.4 is 5.32 Å². The van der Waals surface area contributed by atoms with Crippen LogP contribution in [0.1, 0.15) is 24.6 Å². The van der Waals surface area contributed by atoms with Crippen LogP contribution in [-0.2, 0) is 9.53 Å². The Morgan fingerprint density at radius 2 is 2.04 bits per heavy atom. The van der Waals surface area contributed by atoms with E-state index >= 15 is 0 Å². The zero-order valence-corrected chi connectivity index (χ0v) is 13.8. The summed E-state index contributed by atoms with van der Waals surface area (Å²) >= 11 is 0. The number of nitrogens with zero attached hydrogens (tertiary/aromatic N) is 4. The van der Waals surface area contributed by atoms with Gasteiger partial charge in [0.05, 0.1) is 19.3 Å². The summed E-state index contributed by atoms with van der Waals surface area (Å²) in [6.45, 7) is 5.57. The molecule has 2 heterocycles. The third-order valence-electron chi connectivity index (χ3n) is 4.35. The summed E-state index contributed by atoms with van der Waals surface area (Å²) < 4.78 is 7.01. The summed E-state index contributed by atoms with van der Waals surface area (Å²) in [5.74, 6) is -0.0605. The molecule has 2 aromatic rings. The fraction of sp³-hybridized carbons (Fsp3) is 0.471. The molecule has 1 saturated heterocycles. The fourth-order valence-corrected chi connectivity index (χ4v) is 2.90. The number of aromatic nitrogens is 3. The lowest BCUT2D eigenvalue weighted by Gasteiger charge is -2.35. The van der Waals surface area contributed by atoms with Crippen molar-refractivity contribution in [1.29, 1.82) is 0 Å². The average molecular weight is 329 g/mol. The topological polar surface area (TPSA) is 72.3 Å². The van der Waals surface area contributed by atoms with Crippen LogP contribution in [0.3, 0.4) is 0 Å². The van der Waals surface area contributed by atoms with E-state index in [9.17, 15) is 4.79 Å². The number of hydrogen-bond donors (Lipinski definition) is 1. The maximum atomic E-state index is 12.4. The van der Waals surface area contributed by atoms with Crippen LogP contribution in [0.15, 0.2) is 43.0 Å². The van der Waals surface area contributed by atoms with E-state index in [4.69, 9.17) is 4.74 Å². The first-order valence-corrected chi connectivity index (χ1v) is 8.24. The molecule has 1 amide bonds. The van der Waals surface area contributed by atoms with Crippen LogP contribution in [0.4, 0.5) is 0 Å². The summed E-state index contributed by atoms with van der Waals surface area (Å²) in [5.41, 5.74) is 1.20. The molecule has 2 unspecified atom stereocenters. The van der Waals surface area contributed by atoms with Crippen molar-refractivity contribution in [2.75, 3.05) is 32.8 Å². The molecule has 1 aliphatic rings. The summed E-state index contributed by atoms with van der Waals surface area (Å²) in [6, 6.07) is 10.0. The van der Waals surface area contributed by atoms with E-state index < -0.39 is 0 Å². The van der Waals surface area contributed by atoms with Gasteiger partial charge in [0.1, 0.15) is 18.7 Å². The molecular weight excluding hydrogens is 306 g/mol. The first-order chi connectivity index (χ1) is 11.8. The van der Waals surface area contributed by atoms with Crippen LogP contribution in [0.5, 0.6) is 0 Å². The molecule has 0 bridgehead atoms. The molecule has 0 radical (unpaired) electrons. The number of rotatable bonds is 6. The number of carbonyl (C=O) groups is 1. The molecule has 7 heteroatoms. The third kappa shape index (κ3) is 3.98. The quantitative estimate of drug-likeness (QED) is 0.857. The summed E-state index contributed by atoms with van der Waals surface area (Å²) in [7, 11) is 0. The smallest absolute Gasteiger partial charge is 0.244 e. The SMILES string of the molecule is CC(C(=O)NCC(c1ccccc1)N1CCOCC1)n1cncn1. The molecule has 1 aromatic carbocycles. The van der Waals surface area contributed by atoms with Gasteiger partial charge in [0.15, 0.2) is 0 Å². The molecule has 1 aromatic heterocycles. The minimum absolute atomic E-state index is 0.0605. The fourth-order valence-electron chi connectivity index (χ4n) is 2.90. The Hall–Kier alpha value is -2.25. The summed E-state index contributed by atoms with van der Waals surface area (Å²) in [4.78, 5) is 18.7. The maximum absolute atomic E-state index is 12.4. The monoisotopic (exact) mass is 329 g/mol. The van der Waals surface area contributed by atoms with Crippen molar-refractivity contribution < 1.29 is 9.53 Å². The van der Waals surface area contributed by atoms with Crippen molar-refractivity contribution in [3.05, 3.63) is 48.5 Å². The molecule has 128 valence electrons. The molecule has 1 aliphatic heterocycles. The maximum Gasteiger partial charge on any atom is 0.244 e. The van der Waals surface area contributed by atoms with Crippen molar-refractivity contribution in [1.82, 2.24) is 25.0 Å². The Balaban J connectivity index is 1.66. The Morgan fingerprint density at radius 1 is 1.29 bits per heavy atom. The number of ether oxygens (including phenoxy) is 1. The van der Waals surface area contributed by atoms with Gasteiger partial charge in [-0.25, -0.2) is 9.67 Å². The molecule has 2 atom stereocenters. The highest BCUT2D eigenvalue weighted by atomic mass is 16.5. The van der Waals surface area contributed by atoms with Crippen LogP contribution in [-0.4, -0.2) is 58.4 Å². The summed E-state index contributed by atoms with van der Waals surface area (Å²) in [5, 5.41) is 7.09. The molecule has 1 N–H and O–H groups in total. The van der Waals surface area contributed by atoms with E-state index in [1.807, 2.05) is 25.1 Å². The predicted molar refractivity (Wildman–Crippen MR) is 89.3 cm³/mol. The van der Waals surface area contributed by atoms with E-state index in [2.05, 4.69) is 32.4 Å². The van der Waals surface area contributed by atoms with Gasteiger partial charge in [-0.1, -0.05) is 30.3 Å². The Morgan fingerprint density at radius 3 is 2.71 bits per heavy atom. The van der Waals surface area contributed by atoms with Gasteiger partial charge in [-0.2, -0.15) is 5.10 Å². The van der Waals surface area contributed by atoms with Crippen LogP contribution >= 0.6 is 0 Å². The molecule has 3 rings (SSSR count). The van der Waals surface area contributed by atoms with Crippen molar-refractivity contribution in [3.8, 4) is 0 Å². The number of nitrogens with one attached hydrogen (secondary N) is 1. The lowest BCUT2D eigenvalue weighted by molar-refractivity contribution is -0.124. The largest absolute Gasteiger partial charge is 0.379 e. The Labute approximate surface area is 141 Å². The van der Waals surface area contributed by atoms with Crippen molar-refractivity contribution in [2.24, 2.45) is 0 Å². The highest BCUT2D eigenvalue weighted by Crippen LogP contribution is 2.21. The standard InChI is InChI=1S/C17H23N5O2/c1-14(22-13-18-12-20-22)17(23)19-11-16(15-5-3-2-4-6-15)21-7-9-24-10-8-21/h2-6,12-14,16H,7-11H2,1H3,(H,19,23). The van der Waals surface area contributed by atoms with Gasteiger partial charge in [-0.3, -0.25) is 9.69 Å². The molecule has 0 aliphatic carbocycles. The zero-order chi connectivity index (χ0) is 16.8. The average Bonchev–Trinajstić information content (AvgIpc) is 3.17. The van der Waals surface area contributed by atoms with Crippen LogP contribution in [0.25, 0.3) is 0 Å². The van der Waals surface area contributed by atoms with Gasteiger partial charge in [0, 0.05) is 19.6 Å². The number of hydrogen-bond acceptors (Lipinski definition) is 5. The second-order valence-corrected chi connectivity index (χ2v) is 5.87. The van der Waals surface area contributed by atoms with E-state index in [0.29, 0.717) is 6.54 Å². The second kappa shape index (κ2) is 8.03. The highest BCUT2D eigenvalue weighted by molar-refractivity contribution is 5.79. The Bertz CT molecular complexity index is 626. The molecule has 0 spiro atoms.